The Morgan fingerprint density at radius 3 is 2.42 bits per heavy atom. The zero-order chi connectivity index (χ0) is 28.7. The van der Waals surface area contributed by atoms with Crippen molar-refractivity contribution in [2.24, 2.45) is 0 Å². The minimum atomic E-state index is -4.54. The first-order valence-electron chi connectivity index (χ1n) is 13.2. The number of piperazine rings is 1. The van der Waals surface area contributed by atoms with Gasteiger partial charge < -0.3 is 14.5 Å². The Hall–Kier alpha value is -3.54. The zero-order valence-corrected chi connectivity index (χ0v) is 23.0. The summed E-state index contributed by atoms with van der Waals surface area (Å²) >= 11 is 1.30. The lowest BCUT2D eigenvalue weighted by molar-refractivity contribution is -0.137. The first kappa shape index (κ1) is 29.4. The molecule has 0 bridgehead atoms. The fourth-order valence-electron chi connectivity index (χ4n) is 4.49. The number of aromatic nitrogens is 2. The minimum absolute atomic E-state index is 0.0470. The molecule has 0 N–H and O–H groups in total. The minimum Gasteiger partial charge on any atom is -0.450 e. The molecule has 4 rings (SSSR count). The SMILES string of the molecule is CCOC(=O)N1CCN(C(=O)CCCCCSc2nc3ccccc3c(=O)n2-c2cccc(C(F)(F)F)c2)CC1. The summed E-state index contributed by atoms with van der Waals surface area (Å²) in [6, 6.07) is 11.4. The van der Waals surface area contributed by atoms with Crippen molar-refractivity contribution >= 4 is 34.7 Å². The van der Waals surface area contributed by atoms with E-state index in [4.69, 9.17) is 4.74 Å². The number of carbonyl (C=O) groups is 2. The number of thioether (sulfide) groups is 1. The van der Waals surface area contributed by atoms with E-state index in [1.54, 1.807) is 41.0 Å². The average molecular weight is 577 g/mol. The number of amides is 2. The molecule has 3 aromatic rings. The first-order chi connectivity index (χ1) is 19.2. The van der Waals surface area contributed by atoms with E-state index in [1.165, 1.54) is 28.5 Å². The molecule has 1 aliphatic rings. The van der Waals surface area contributed by atoms with Gasteiger partial charge in [0, 0.05) is 38.4 Å². The van der Waals surface area contributed by atoms with Crippen LogP contribution in [0, 0.1) is 0 Å². The van der Waals surface area contributed by atoms with Crippen LogP contribution in [-0.2, 0) is 15.7 Å². The Kier molecular flexibility index (Phi) is 9.72. The molecular formula is C28H31F3N4O4S. The van der Waals surface area contributed by atoms with Crippen LogP contribution in [0.25, 0.3) is 16.6 Å². The van der Waals surface area contributed by atoms with Crippen LogP contribution in [-0.4, -0.2) is 69.9 Å². The third kappa shape index (κ3) is 7.15. The van der Waals surface area contributed by atoms with Gasteiger partial charge in [-0.1, -0.05) is 36.4 Å². The van der Waals surface area contributed by atoms with Crippen molar-refractivity contribution in [3.63, 3.8) is 0 Å². The lowest BCUT2D eigenvalue weighted by Gasteiger charge is -2.34. The molecule has 1 fully saturated rings. The maximum absolute atomic E-state index is 13.4. The van der Waals surface area contributed by atoms with Crippen LogP contribution in [0.15, 0.2) is 58.5 Å². The fraction of sp³-hybridized carbons (Fsp3) is 0.429. The molecule has 0 saturated carbocycles. The van der Waals surface area contributed by atoms with E-state index >= 15 is 0 Å². The molecular weight excluding hydrogens is 545 g/mol. The van der Waals surface area contributed by atoms with Crippen LogP contribution in [0.2, 0.25) is 0 Å². The maximum Gasteiger partial charge on any atom is 0.416 e. The van der Waals surface area contributed by atoms with Gasteiger partial charge in [0.25, 0.3) is 5.56 Å². The summed E-state index contributed by atoms with van der Waals surface area (Å²) in [7, 11) is 0. The molecule has 1 aromatic heterocycles. The van der Waals surface area contributed by atoms with Gasteiger partial charge in [0.15, 0.2) is 5.16 Å². The highest BCUT2D eigenvalue weighted by Crippen LogP contribution is 2.31. The van der Waals surface area contributed by atoms with Gasteiger partial charge in [0.2, 0.25) is 5.91 Å². The Balaban J connectivity index is 1.34. The van der Waals surface area contributed by atoms with Crippen LogP contribution < -0.4 is 5.56 Å². The van der Waals surface area contributed by atoms with Crippen LogP contribution in [0.1, 0.15) is 38.2 Å². The molecule has 1 aliphatic heterocycles. The molecule has 0 radical (unpaired) electrons. The molecule has 2 heterocycles. The number of fused-ring (bicyclic) bond motifs is 1. The van der Waals surface area contributed by atoms with Crippen molar-refractivity contribution in [1.29, 1.82) is 0 Å². The van der Waals surface area contributed by atoms with Crippen molar-refractivity contribution in [1.82, 2.24) is 19.4 Å². The summed E-state index contributed by atoms with van der Waals surface area (Å²) in [4.78, 5) is 45.7. The van der Waals surface area contributed by atoms with E-state index in [1.807, 2.05) is 0 Å². The molecule has 214 valence electrons. The van der Waals surface area contributed by atoms with Gasteiger partial charge in [-0.15, -0.1) is 0 Å². The molecule has 2 amide bonds. The van der Waals surface area contributed by atoms with Crippen molar-refractivity contribution in [2.45, 2.75) is 43.9 Å². The molecule has 40 heavy (non-hydrogen) atoms. The molecule has 0 spiro atoms. The second kappa shape index (κ2) is 13.2. The summed E-state index contributed by atoms with van der Waals surface area (Å²) < 4.78 is 46.3. The number of benzene rings is 2. The van der Waals surface area contributed by atoms with Crippen molar-refractivity contribution < 1.29 is 27.5 Å². The lowest BCUT2D eigenvalue weighted by Crippen LogP contribution is -2.50. The van der Waals surface area contributed by atoms with Crippen molar-refractivity contribution in [3.8, 4) is 5.69 Å². The second-order valence-corrected chi connectivity index (χ2v) is 10.4. The Bertz CT molecular complexity index is 1400. The number of hydrogen-bond acceptors (Lipinski definition) is 6. The predicted molar refractivity (Wildman–Crippen MR) is 147 cm³/mol. The third-order valence-corrected chi connectivity index (χ3v) is 7.63. The highest BCUT2D eigenvalue weighted by atomic mass is 32.2. The molecule has 2 aromatic carbocycles. The van der Waals surface area contributed by atoms with Crippen molar-refractivity contribution in [3.05, 3.63) is 64.4 Å². The van der Waals surface area contributed by atoms with E-state index in [0.29, 0.717) is 67.4 Å². The molecule has 0 atom stereocenters. The summed E-state index contributed by atoms with van der Waals surface area (Å²) in [5, 5.41) is 0.643. The smallest absolute Gasteiger partial charge is 0.416 e. The average Bonchev–Trinajstić information content (AvgIpc) is 2.94. The Morgan fingerprint density at radius 1 is 0.975 bits per heavy atom. The summed E-state index contributed by atoms with van der Waals surface area (Å²) in [6.07, 6.45) is -2.31. The van der Waals surface area contributed by atoms with Gasteiger partial charge in [0.05, 0.1) is 28.8 Å². The van der Waals surface area contributed by atoms with Crippen LogP contribution in [0.5, 0.6) is 0 Å². The normalized spacial score (nSPS) is 14.0. The van der Waals surface area contributed by atoms with Crippen molar-refractivity contribution in [2.75, 3.05) is 38.5 Å². The van der Waals surface area contributed by atoms with E-state index in [0.717, 1.165) is 25.0 Å². The number of unbranched alkanes of at least 4 members (excludes halogenated alkanes) is 2. The van der Waals surface area contributed by atoms with Crippen LogP contribution in [0.3, 0.4) is 0 Å². The molecule has 0 aliphatic carbocycles. The van der Waals surface area contributed by atoms with Gasteiger partial charge in [-0.05, 0) is 50.1 Å². The van der Waals surface area contributed by atoms with Gasteiger partial charge in [-0.3, -0.25) is 14.2 Å². The van der Waals surface area contributed by atoms with E-state index in [-0.39, 0.29) is 17.7 Å². The Labute approximate surface area is 234 Å². The number of hydrogen-bond donors (Lipinski definition) is 0. The summed E-state index contributed by atoms with van der Waals surface area (Å²) in [5.74, 6) is 0.626. The number of rotatable bonds is 9. The number of nitrogens with zero attached hydrogens (tertiary/aromatic N) is 4. The molecule has 8 nitrogen and oxygen atoms in total. The number of ether oxygens (including phenoxy) is 1. The monoisotopic (exact) mass is 576 g/mol. The molecule has 1 saturated heterocycles. The van der Waals surface area contributed by atoms with Gasteiger partial charge in [-0.25, -0.2) is 9.78 Å². The molecule has 12 heteroatoms. The topological polar surface area (TPSA) is 84.7 Å². The summed E-state index contributed by atoms with van der Waals surface area (Å²) in [6.45, 7) is 3.93. The van der Waals surface area contributed by atoms with Gasteiger partial charge >= 0.3 is 12.3 Å². The number of alkyl halides is 3. The second-order valence-electron chi connectivity index (χ2n) is 9.33. The molecule has 0 unspecified atom stereocenters. The first-order valence-corrected chi connectivity index (χ1v) is 14.2. The third-order valence-electron chi connectivity index (χ3n) is 6.60. The fourth-order valence-corrected chi connectivity index (χ4v) is 5.50. The van der Waals surface area contributed by atoms with Gasteiger partial charge in [0.1, 0.15) is 0 Å². The lowest BCUT2D eigenvalue weighted by atomic mass is 10.2. The Morgan fingerprint density at radius 2 is 1.70 bits per heavy atom. The zero-order valence-electron chi connectivity index (χ0n) is 22.2. The highest BCUT2D eigenvalue weighted by molar-refractivity contribution is 7.99. The van der Waals surface area contributed by atoms with Crippen LogP contribution in [0.4, 0.5) is 18.0 Å². The largest absolute Gasteiger partial charge is 0.450 e. The van der Waals surface area contributed by atoms with E-state index in [9.17, 15) is 27.6 Å². The van der Waals surface area contributed by atoms with Crippen LogP contribution >= 0.6 is 11.8 Å². The number of para-hydroxylation sites is 1. The standard InChI is InChI=1S/C28H31F3N4O4S/c1-2-39-27(38)34-16-14-33(15-17-34)24(36)13-4-3-7-18-40-26-32-23-12-6-5-11-22(23)25(37)35(26)21-10-8-9-20(19-21)28(29,30)31/h5-6,8-12,19H,2-4,7,13-18H2,1H3. The quantitative estimate of drug-likeness (QED) is 0.194. The predicted octanol–water partition coefficient (Wildman–Crippen LogP) is 5.36. The number of carbonyl (C=O) groups excluding carboxylic acids is 2. The number of halogens is 3. The maximum atomic E-state index is 13.4. The summed E-state index contributed by atoms with van der Waals surface area (Å²) in [5.41, 5.74) is -0.685. The van der Waals surface area contributed by atoms with E-state index < -0.39 is 17.3 Å². The van der Waals surface area contributed by atoms with E-state index in [2.05, 4.69) is 4.98 Å². The van der Waals surface area contributed by atoms with Gasteiger partial charge in [-0.2, -0.15) is 13.2 Å². The highest BCUT2D eigenvalue weighted by Gasteiger charge is 2.31.